The van der Waals surface area contributed by atoms with Crippen molar-refractivity contribution in [3.8, 4) is 0 Å². The van der Waals surface area contributed by atoms with Crippen molar-refractivity contribution in [1.29, 1.82) is 0 Å². The maximum Gasteiger partial charge on any atom is 0.321 e. The molecule has 0 saturated carbocycles. The number of non-ortho nitro benzene ring substituents is 1. The first-order valence-electron chi connectivity index (χ1n) is 5.88. The summed E-state index contributed by atoms with van der Waals surface area (Å²) in [6, 6.07) is 1.59. The van der Waals surface area contributed by atoms with Crippen molar-refractivity contribution in [2.24, 2.45) is 0 Å². The summed E-state index contributed by atoms with van der Waals surface area (Å²) in [6.45, 7) is 1.70. The number of rotatable bonds is 7. The van der Waals surface area contributed by atoms with E-state index >= 15 is 0 Å². The second-order valence-electron chi connectivity index (χ2n) is 4.17. The largest absolute Gasteiger partial charge is 0.480 e. The van der Waals surface area contributed by atoms with E-state index in [2.05, 4.69) is 0 Å². The van der Waals surface area contributed by atoms with Crippen LogP contribution in [-0.2, 0) is 14.8 Å². The molecule has 0 aliphatic heterocycles. The van der Waals surface area contributed by atoms with Crippen LogP contribution in [0, 0.1) is 10.1 Å². The van der Waals surface area contributed by atoms with Gasteiger partial charge >= 0.3 is 5.97 Å². The Morgan fingerprint density at radius 3 is 2.62 bits per heavy atom. The Morgan fingerprint density at radius 2 is 2.14 bits per heavy atom. The molecule has 0 spiro atoms. The molecule has 1 atom stereocenters. The van der Waals surface area contributed by atoms with Crippen molar-refractivity contribution in [3.05, 3.63) is 33.3 Å². The van der Waals surface area contributed by atoms with E-state index in [4.69, 9.17) is 16.7 Å². The minimum absolute atomic E-state index is 0.0844. The van der Waals surface area contributed by atoms with Crippen molar-refractivity contribution in [2.75, 3.05) is 0 Å². The van der Waals surface area contributed by atoms with Gasteiger partial charge in [0.2, 0.25) is 10.0 Å². The van der Waals surface area contributed by atoms with Gasteiger partial charge in [-0.1, -0.05) is 24.9 Å². The van der Waals surface area contributed by atoms with Crippen LogP contribution < -0.4 is 4.72 Å². The van der Waals surface area contributed by atoms with Crippen LogP contribution in [0.25, 0.3) is 0 Å². The molecule has 0 fully saturated rings. The third-order valence-electron chi connectivity index (χ3n) is 2.59. The highest BCUT2D eigenvalue weighted by Crippen LogP contribution is 2.26. The number of carboxylic acids is 1. The number of hydrogen-bond acceptors (Lipinski definition) is 5. The van der Waals surface area contributed by atoms with Crippen LogP contribution >= 0.6 is 11.6 Å². The summed E-state index contributed by atoms with van der Waals surface area (Å²) in [7, 11) is -4.28. The summed E-state index contributed by atoms with van der Waals surface area (Å²) in [5, 5.41) is 19.4. The number of sulfonamides is 1. The van der Waals surface area contributed by atoms with E-state index in [9.17, 15) is 23.3 Å². The minimum atomic E-state index is -4.28. The quantitative estimate of drug-likeness (QED) is 0.577. The number of benzene rings is 1. The van der Waals surface area contributed by atoms with Crippen molar-refractivity contribution in [2.45, 2.75) is 30.7 Å². The van der Waals surface area contributed by atoms with Crippen molar-refractivity contribution < 1.29 is 23.2 Å². The summed E-state index contributed by atoms with van der Waals surface area (Å²) >= 11 is 5.74. The zero-order chi connectivity index (χ0) is 16.2. The molecule has 0 aliphatic rings. The predicted molar refractivity (Wildman–Crippen MR) is 74.8 cm³/mol. The molecule has 1 rings (SSSR count). The van der Waals surface area contributed by atoms with Crippen molar-refractivity contribution in [3.63, 3.8) is 0 Å². The topological polar surface area (TPSA) is 127 Å². The first kappa shape index (κ1) is 17.3. The van der Waals surface area contributed by atoms with E-state index in [0.717, 1.165) is 18.2 Å². The number of carbonyl (C=O) groups is 1. The van der Waals surface area contributed by atoms with Gasteiger partial charge in [0.1, 0.15) is 10.9 Å². The lowest BCUT2D eigenvalue weighted by Crippen LogP contribution is -2.40. The molecule has 0 saturated heterocycles. The van der Waals surface area contributed by atoms with Crippen LogP contribution in [0.4, 0.5) is 5.69 Å². The van der Waals surface area contributed by atoms with Gasteiger partial charge in [-0.2, -0.15) is 4.72 Å². The molecule has 21 heavy (non-hydrogen) atoms. The lowest BCUT2D eigenvalue weighted by atomic mass is 10.2. The number of aliphatic carboxylic acids is 1. The first-order valence-corrected chi connectivity index (χ1v) is 7.74. The Morgan fingerprint density at radius 1 is 1.52 bits per heavy atom. The summed E-state index contributed by atoms with van der Waals surface area (Å²) in [5.74, 6) is -1.33. The normalized spacial score (nSPS) is 12.9. The van der Waals surface area contributed by atoms with E-state index < -0.39 is 37.5 Å². The Balaban J connectivity index is 3.21. The number of hydrogen-bond donors (Lipinski definition) is 2. The van der Waals surface area contributed by atoms with E-state index in [1.54, 1.807) is 6.92 Å². The van der Waals surface area contributed by atoms with Gasteiger partial charge in [-0.3, -0.25) is 14.9 Å². The molecule has 0 unspecified atom stereocenters. The summed E-state index contributed by atoms with van der Waals surface area (Å²) in [6.07, 6.45) is 0.531. The molecule has 10 heteroatoms. The molecule has 0 bridgehead atoms. The fourth-order valence-electron chi connectivity index (χ4n) is 1.58. The highest BCUT2D eigenvalue weighted by Gasteiger charge is 2.27. The standard InChI is InChI=1S/C11H13ClN2O6S/c1-2-3-9(11(15)16)13-21(19,20)10-6-7(14(17)18)4-5-8(10)12/h4-6,9,13H,2-3H2,1H3,(H,15,16)/t9-/m1/s1. The molecule has 0 heterocycles. The van der Waals surface area contributed by atoms with Crippen LogP contribution in [0.2, 0.25) is 5.02 Å². The van der Waals surface area contributed by atoms with Crippen LogP contribution in [0.1, 0.15) is 19.8 Å². The Hall–Kier alpha value is -1.71. The fraction of sp³-hybridized carbons (Fsp3) is 0.364. The van der Waals surface area contributed by atoms with E-state index in [1.165, 1.54) is 0 Å². The molecular weight excluding hydrogens is 324 g/mol. The van der Waals surface area contributed by atoms with Gasteiger partial charge in [-0.25, -0.2) is 8.42 Å². The van der Waals surface area contributed by atoms with Crippen LogP contribution in [-0.4, -0.2) is 30.5 Å². The maximum absolute atomic E-state index is 12.1. The molecule has 1 aromatic rings. The third kappa shape index (κ3) is 4.38. The van der Waals surface area contributed by atoms with E-state index in [-0.39, 0.29) is 11.4 Å². The fourth-order valence-corrected chi connectivity index (χ4v) is 3.33. The minimum Gasteiger partial charge on any atom is -0.480 e. The van der Waals surface area contributed by atoms with Gasteiger partial charge in [0, 0.05) is 12.1 Å². The van der Waals surface area contributed by atoms with Gasteiger partial charge in [0.05, 0.1) is 9.95 Å². The molecule has 0 amide bonds. The lowest BCUT2D eigenvalue weighted by Gasteiger charge is -2.14. The van der Waals surface area contributed by atoms with Crippen molar-refractivity contribution in [1.82, 2.24) is 4.72 Å². The highest BCUT2D eigenvalue weighted by atomic mass is 35.5. The predicted octanol–water partition coefficient (Wildman–Crippen LogP) is 1.78. The smallest absolute Gasteiger partial charge is 0.321 e. The average molecular weight is 337 g/mol. The van der Waals surface area contributed by atoms with Gasteiger partial charge in [-0.05, 0) is 12.5 Å². The Labute approximate surface area is 125 Å². The molecule has 0 aliphatic carbocycles. The SMILES string of the molecule is CCC[C@@H](NS(=O)(=O)c1cc([N+](=O)[O-])ccc1Cl)C(=O)O. The van der Waals surface area contributed by atoms with Gasteiger partial charge < -0.3 is 5.11 Å². The van der Waals surface area contributed by atoms with Crippen LogP contribution in [0.15, 0.2) is 23.1 Å². The number of halogens is 1. The summed E-state index contributed by atoms with van der Waals surface area (Å²) in [4.78, 5) is 20.4. The number of nitro benzene ring substituents is 1. The summed E-state index contributed by atoms with van der Waals surface area (Å²) < 4.78 is 26.3. The lowest BCUT2D eigenvalue weighted by molar-refractivity contribution is -0.385. The number of nitro groups is 1. The molecule has 0 aromatic heterocycles. The third-order valence-corrected chi connectivity index (χ3v) is 4.54. The number of nitrogens with one attached hydrogen (secondary N) is 1. The number of nitrogens with zero attached hydrogens (tertiary/aromatic N) is 1. The molecule has 1 aromatic carbocycles. The van der Waals surface area contributed by atoms with Gasteiger partial charge in [-0.15, -0.1) is 0 Å². The zero-order valence-electron chi connectivity index (χ0n) is 10.9. The van der Waals surface area contributed by atoms with Crippen molar-refractivity contribution >= 4 is 33.3 Å². The highest BCUT2D eigenvalue weighted by molar-refractivity contribution is 7.89. The second-order valence-corrected chi connectivity index (χ2v) is 6.26. The van der Waals surface area contributed by atoms with E-state index in [0.29, 0.717) is 6.42 Å². The zero-order valence-corrected chi connectivity index (χ0v) is 12.5. The molecule has 2 N–H and O–H groups in total. The van der Waals surface area contributed by atoms with Gasteiger partial charge in [0.25, 0.3) is 5.69 Å². The first-order chi connectivity index (χ1) is 9.69. The Kier molecular flexibility index (Phi) is 5.64. The number of carboxylic acid groups (broad SMARTS) is 1. The van der Waals surface area contributed by atoms with E-state index in [1.807, 2.05) is 4.72 Å². The van der Waals surface area contributed by atoms with Gasteiger partial charge in [0.15, 0.2) is 0 Å². The molecule has 116 valence electrons. The van der Waals surface area contributed by atoms with Crippen LogP contribution in [0.5, 0.6) is 0 Å². The van der Waals surface area contributed by atoms with Crippen LogP contribution in [0.3, 0.4) is 0 Å². The summed E-state index contributed by atoms with van der Waals surface area (Å²) in [5.41, 5.74) is -0.456. The second kappa shape index (κ2) is 6.83. The molecule has 8 nitrogen and oxygen atoms in total. The monoisotopic (exact) mass is 336 g/mol. The molecule has 0 radical (unpaired) electrons. The Bertz CT molecular complexity index is 661. The average Bonchev–Trinajstić information content (AvgIpc) is 2.37. The maximum atomic E-state index is 12.1. The molecular formula is C11H13ClN2O6S.